The second kappa shape index (κ2) is 16.4. The maximum Gasteiger partial charge on any atom is 1.00 e. The molecule has 1 amide bonds. The first-order chi connectivity index (χ1) is 7.11. The molecule has 0 aromatic heterocycles. The Morgan fingerprint density at radius 1 is 1.05 bits per heavy atom. The quantitative estimate of drug-likeness (QED) is 0.315. The maximum atomic E-state index is 10.8. The van der Waals surface area contributed by atoms with Gasteiger partial charge in [-0.3, -0.25) is 9.36 Å². The minimum atomic E-state index is -4.63. The molecule has 0 spiro atoms. The van der Waals surface area contributed by atoms with Crippen molar-refractivity contribution >= 4 is 25.4 Å². The number of rotatable bonds is 6. The van der Waals surface area contributed by atoms with E-state index in [4.69, 9.17) is 9.79 Å². The van der Waals surface area contributed by atoms with Crippen molar-refractivity contribution in [3.05, 3.63) is 0 Å². The molecule has 0 saturated carbocycles. The standard InChI is InChI=1S/C6H10NO8P.4Na/c8-4(2-16(13,14)15)7-3(6(11)12)1-5(9)10;;;;/h3H,1-2H2,(H,7,8)(H,9,10)(H,11,12)(H2,13,14,15);;;;/q;4*+1/p-2/t3-;;;;/m0..../s1. The number of nitrogens with one attached hydrogen (secondary N) is 1. The summed E-state index contributed by atoms with van der Waals surface area (Å²) in [6.07, 6.45) is -2.28. The molecule has 14 heteroatoms. The molecule has 0 aliphatic heterocycles. The van der Waals surface area contributed by atoms with Crippen LogP contribution in [-0.4, -0.2) is 39.8 Å². The predicted octanol–water partition coefficient (Wildman–Crippen LogP) is -16.4. The molecule has 0 aliphatic rings. The van der Waals surface area contributed by atoms with E-state index in [1.807, 2.05) is 0 Å². The van der Waals surface area contributed by atoms with Gasteiger partial charge >= 0.3 is 126 Å². The summed E-state index contributed by atoms with van der Waals surface area (Å²) < 4.78 is 10.4. The number of aliphatic carboxylic acids is 2. The van der Waals surface area contributed by atoms with Gasteiger partial charge in [-0.25, -0.2) is 0 Å². The van der Waals surface area contributed by atoms with Crippen molar-refractivity contribution in [3.63, 3.8) is 0 Å². The third-order valence-corrected chi connectivity index (χ3v) is 2.04. The van der Waals surface area contributed by atoms with Crippen LogP contribution in [0.1, 0.15) is 6.42 Å². The Morgan fingerprint density at radius 3 is 1.70 bits per heavy atom. The van der Waals surface area contributed by atoms with Crippen LogP contribution >= 0.6 is 7.60 Å². The number of carbonyl (C=O) groups excluding carboxylic acids is 3. The van der Waals surface area contributed by atoms with Crippen LogP contribution in [0.3, 0.4) is 0 Å². The Bertz CT molecular complexity index is 361. The second-order valence-electron chi connectivity index (χ2n) is 2.84. The Kier molecular flexibility index (Phi) is 27.9. The van der Waals surface area contributed by atoms with Gasteiger partial charge in [0.05, 0.1) is 12.0 Å². The first-order valence-corrected chi connectivity index (χ1v) is 5.66. The molecule has 0 aromatic carbocycles. The molecule has 1 atom stereocenters. The van der Waals surface area contributed by atoms with Gasteiger partial charge in [-0.05, 0) is 0 Å². The van der Waals surface area contributed by atoms with Gasteiger partial charge in [-0.2, -0.15) is 0 Å². The zero-order valence-corrected chi connectivity index (χ0v) is 20.7. The molecule has 0 aliphatic carbocycles. The van der Waals surface area contributed by atoms with Crippen LogP contribution in [0.5, 0.6) is 0 Å². The minimum absolute atomic E-state index is 0. The number of amides is 1. The van der Waals surface area contributed by atoms with Crippen molar-refractivity contribution in [3.8, 4) is 0 Å². The largest absolute Gasteiger partial charge is 1.00 e. The van der Waals surface area contributed by atoms with Crippen LogP contribution in [-0.2, 0) is 18.9 Å². The predicted molar refractivity (Wildman–Crippen MR) is 43.5 cm³/mol. The fourth-order valence-corrected chi connectivity index (χ4v) is 1.25. The van der Waals surface area contributed by atoms with Crippen LogP contribution in [0.25, 0.3) is 0 Å². The van der Waals surface area contributed by atoms with E-state index in [0.29, 0.717) is 0 Å². The molecule has 9 nitrogen and oxygen atoms in total. The zero-order valence-electron chi connectivity index (χ0n) is 11.8. The Hall–Kier alpha value is 2.56. The molecule has 20 heavy (non-hydrogen) atoms. The van der Waals surface area contributed by atoms with E-state index in [1.165, 1.54) is 0 Å². The molecule has 92 valence electrons. The number of hydrogen-bond acceptors (Lipinski definition) is 6. The van der Waals surface area contributed by atoms with E-state index in [0.717, 1.165) is 0 Å². The summed E-state index contributed by atoms with van der Waals surface area (Å²) in [5, 5.41) is 22.0. The summed E-state index contributed by atoms with van der Waals surface area (Å²) in [5.74, 6) is -4.92. The SMILES string of the molecule is O=C([O-])C[C@H](NC(=O)CP(=O)(O)O)C(=O)[O-].[Na+].[Na+].[Na+].[Na+]. The normalized spacial score (nSPS) is 10.3. The maximum absolute atomic E-state index is 10.8. The van der Waals surface area contributed by atoms with Crippen molar-refractivity contribution in [1.82, 2.24) is 5.32 Å². The summed E-state index contributed by atoms with van der Waals surface area (Å²) in [7, 11) is -4.63. The summed E-state index contributed by atoms with van der Waals surface area (Å²) in [4.78, 5) is 48.0. The third kappa shape index (κ3) is 20.6. The first kappa shape index (κ1) is 34.0. The molecule has 0 heterocycles. The molecule has 0 unspecified atom stereocenters. The van der Waals surface area contributed by atoms with Crippen LogP contribution in [0, 0.1) is 0 Å². The monoisotopic (exact) mass is 345 g/mol. The number of hydrogen-bond donors (Lipinski definition) is 3. The van der Waals surface area contributed by atoms with E-state index in [-0.39, 0.29) is 118 Å². The van der Waals surface area contributed by atoms with Gasteiger partial charge in [0.1, 0.15) is 6.16 Å². The van der Waals surface area contributed by atoms with E-state index in [9.17, 15) is 29.2 Å². The van der Waals surface area contributed by atoms with Gasteiger partial charge in [0.2, 0.25) is 5.91 Å². The second-order valence-corrected chi connectivity index (χ2v) is 4.48. The van der Waals surface area contributed by atoms with Crippen LogP contribution in [0.4, 0.5) is 0 Å². The molecular weight excluding hydrogens is 337 g/mol. The fourth-order valence-electron chi connectivity index (χ4n) is 0.787. The average molecular weight is 345 g/mol. The van der Waals surface area contributed by atoms with Gasteiger partial charge < -0.3 is 34.9 Å². The molecule has 0 saturated heterocycles. The Labute approximate surface area is 203 Å². The van der Waals surface area contributed by atoms with Gasteiger partial charge in [0.25, 0.3) is 0 Å². The van der Waals surface area contributed by atoms with Crippen molar-refractivity contribution < 1.29 is 157 Å². The van der Waals surface area contributed by atoms with E-state index < -0.39 is 44.1 Å². The molecule has 0 radical (unpaired) electrons. The number of carboxylic acids is 2. The summed E-state index contributed by atoms with van der Waals surface area (Å²) in [6.45, 7) is 0. The molecule has 0 aromatic rings. The van der Waals surface area contributed by atoms with Crippen molar-refractivity contribution in [2.24, 2.45) is 0 Å². The molecule has 0 bridgehead atoms. The molecule has 0 rings (SSSR count). The van der Waals surface area contributed by atoms with E-state index in [2.05, 4.69) is 0 Å². The van der Waals surface area contributed by atoms with Crippen LogP contribution in [0.15, 0.2) is 0 Å². The smallest absolute Gasteiger partial charge is 0.550 e. The van der Waals surface area contributed by atoms with Crippen LogP contribution < -0.4 is 134 Å². The summed E-state index contributed by atoms with van der Waals surface area (Å²) in [5.41, 5.74) is 0. The van der Waals surface area contributed by atoms with E-state index in [1.54, 1.807) is 5.32 Å². The summed E-state index contributed by atoms with van der Waals surface area (Å²) >= 11 is 0. The minimum Gasteiger partial charge on any atom is -0.550 e. The molecule has 0 fully saturated rings. The van der Waals surface area contributed by atoms with Crippen molar-refractivity contribution in [2.45, 2.75) is 12.5 Å². The number of carboxylic acid groups (broad SMARTS) is 2. The first-order valence-electron chi connectivity index (χ1n) is 3.86. The van der Waals surface area contributed by atoms with E-state index >= 15 is 0 Å². The third-order valence-electron chi connectivity index (χ3n) is 1.34. The molecule has 3 N–H and O–H groups in total. The van der Waals surface area contributed by atoms with Gasteiger partial charge in [-0.15, -0.1) is 0 Å². The van der Waals surface area contributed by atoms with Gasteiger partial charge in [0.15, 0.2) is 0 Å². The topological polar surface area (TPSA) is 167 Å². The average Bonchev–Trinajstić information content (AvgIpc) is 1.97. The van der Waals surface area contributed by atoms with Gasteiger partial charge in [0, 0.05) is 12.4 Å². The molecular formula is C6H8NNa4O8P+2. The van der Waals surface area contributed by atoms with Crippen molar-refractivity contribution in [1.29, 1.82) is 0 Å². The fraction of sp³-hybridized carbons (Fsp3) is 0.500. The van der Waals surface area contributed by atoms with Crippen molar-refractivity contribution in [2.75, 3.05) is 6.16 Å². The zero-order chi connectivity index (χ0) is 12.9. The Morgan fingerprint density at radius 2 is 1.45 bits per heavy atom. The summed E-state index contributed by atoms with van der Waals surface area (Å²) in [6, 6.07) is -1.89. The number of carbonyl (C=O) groups is 3. The Balaban J connectivity index is -0.000000187. The van der Waals surface area contributed by atoms with Gasteiger partial charge in [-0.1, -0.05) is 0 Å². The van der Waals surface area contributed by atoms with Crippen LogP contribution in [0.2, 0.25) is 0 Å².